The Labute approximate surface area is 188 Å². The largest absolute Gasteiger partial charge is 0.495 e. The van der Waals surface area contributed by atoms with E-state index in [1.165, 1.54) is 28.8 Å². The first kappa shape index (κ1) is 23.4. The maximum atomic E-state index is 13.1. The summed E-state index contributed by atoms with van der Waals surface area (Å²) < 4.78 is 33.0. The molecule has 3 rings (SSSR count). The molecule has 1 aliphatic heterocycles. The molecule has 0 spiro atoms. The van der Waals surface area contributed by atoms with Crippen LogP contribution in [0.3, 0.4) is 0 Å². The summed E-state index contributed by atoms with van der Waals surface area (Å²) in [6.07, 6.45) is 5.71. The Morgan fingerprint density at radius 2 is 1.94 bits per heavy atom. The third kappa shape index (κ3) is 5.72. The molecular weight excluding hydrogens is 434 g/mol. The van der Waals surface area contributed by atoms with Gasteiger partial charge in [0.2, 0.25) is 15.9 Å². The molecule has 1 aromatic carbocycles. The van der Waals surface area contributed by atoms with Gasteiger partial charge in [-0.3, -0.25) is 10.1 Å². The Bertz CT molecular complexity index is 1060. The molecule has 0 radical (unpaired) electrons. The Morgan fingerprint density at radius 3 is 2.55 bits per heavy atom. The first-order valence-electron chi connectivity index (χ1n) is 10.2. The molecule has 1 amide bonds. The molecule has 9 heteroatoms. The molecule has 7 nitrogen and oxygen atoms in total. The summed E-state index contributed by atoms with van der Waals surface area (Å²) in [5, 5.41) is 5.22. The molecule has 0 saturated carbocycles. The number of methoxy groups -OCH3 is 1. The van der Waals surface area contributed by atoms with E-state index in [9.17, 15) is 13.2 Å². The lowest BCUT2D eigenvalue weighted by Gasteiger charge is -2.26. The number of anilines is 1. The number of nitrogens with zero attached hydrogens (tertiary/aromatic N) is 2. The van der Waals surface area contributed by atoms with Crippen LogP contribution in [-0.2, 0) is 20.2 Å². The number of benzene rings is 1. The van der Waals surface area contributed by atoms with E-state index in [2.05, 4.69) is 31.1 Å². The summed E-state index contributed by atoms with van der Waals surface area (Å²) in [6, 6.07) is 4.89. The third-order valence-electron chi connectivity index (χ3n) is 5.05. The van der Waals surface area contributed by atoms with Gasteiger partial charge in [-0.25, -0.2) is 13.4 Å². The van der Waals surface area contributed by atoms with Crippen molar-refractivity contribution in [2.75, 3.05) is 25.5 Å². The van der Waals surface area contributed by atoms with E-state index in [4.69, 9.17) is 4.74 Å². The van der Waals surface area contributed by atoms with E-state index in [-0.39, 0.29) is 16.2 Å². The van der Waals surface area contributed by atoms with Crippen molar-refractivity contribution in [3.8, 4) is 5.75 Å². The molecule has 31 heavy (non-hydrogen) atoms. The Hall–Kier alpha value is -2.23. The molecule has 2 aromatic rings. The van der Waals surface area contributed by atoms with Crippen LogP contribution in [0.25, 0.3) is 6.08 Å². The molecule has 0 bridgehead atoms. The number of hydrogen-bond acceptors (Lipinski definition) is 6. The molecular formula is C22H29N3O4S2. The summed E-state index contributed by atoms with van der Waals surface area (Å²) in [4.78, 5) is 16.9. The average molecular weight is 464 g/mol. The number of carbonyl (C=O) groups excluding carboxylic acids is 1. The zero-order valence-electron chi connectivity index (χ0n) is 18.3. The van der Waals surface area contributed by atoms with Crippen LogP contribution in [0.5, 0.6) is 5.75 Å². The van der Waals surface area contributed by atoms with Gasteiger partial charge in [0, 0.05) is 30.0 Å². The second-order valence-corrected chi connectivity index (χ2v) is 11.2. The van der Waals surface area contributed by atoms with Gasteiger partial charge in [0.15, 0.2) is 5.13 Å². The Kier molecular flexibility index (Phi) is 7.18. The van der Waals surface area contributed by atoms with Crippen LogP contribution in [-0.4, -0.2) is 43.8 Å². The molecule has 168 valence electrons. The monoisotopic (exact) mass is 463 g/mol. The van der Waals surface area contributed by atoms with Crippen molar-refractivity contribution in [3.05, 3.63) is 40.9 Å². The number of piperidine rings is 1. The van der Waals surface area contributed by atoms with Crippen molar-refractivity contribution >= 4 is 38.5 Å². The van der Waals surface area contributed by atoms with Gasteiger partial charge < -0.3 is 4.74 Å². The number of rotatable bonds is 6. The molecule has 2 heterocycles. The quantitative estimate of drug-likeness (QED) is 0.646. The number of ether oxygens (including phenoxy) is 1. The van der Waals surface area contributed by atoms with Gasteiger partial charge in [0.25, 0.3) is 0 Å². The molecule has 1 N–H and O–H groups in total. The van der Waals surface area contributed by atoms with Gasteiger partial charge in [0.05, 0.1) is 12.8 Å². The zero-order valence-corrected chi connectivity index (χ0v) is 20.0. The lowest BCUT2D eigenvalue weighted by atomic mass is 9.93. The summed E-state index contributed by atoms with van der Waals surface area (Å²) in [5.41, 5.74) is 1.43. The van der Waals surface area contributed by atoms with Crippen molar-refractivity contribution in [2.45, 2.75) is 50.3 Å². The second-order valence-electron chi connectivity index (χ2n) is 8.49. The highest BCUT2D eigenvalue weighted by Gasteiger charge is 2.29. The minimum atomic E-state index is -3.66. The van der Waals surface area contributed by atoms with Crippen molar-refractivity contribution in [2.24, 2.45) is 0 Å². The summed E-state index contributed by atoms with van der Waals surface area (Å²) in [6.45, 7) is 7.21. The van der Waals surface area contributed by atoms with Gasteiger partial charge in [-0.1, -0.05) is 33.3 Å². The SMILES string of the molecule is COc1ccc(/C=C/C(=O)Nc2nc(C(C)(C)C)cs2)cc1S(=O)(=O)N1CCCCC1. The molecule has 0 atom stereocenters. The Morgan fingerprint density at radius 1 is 1.23 bits per heavy atom. The fraction of sp³-hybridized carbons (Fsp3) is 0.455. The standard InChI is InChI=1S/C22H29N3O4S2/c1-22(2,3)19-15-30-21(23-19)24-20(26)11-9-16-8-10-17(29-4)18(14-16)31(27,28)25-12-6-5-7-13-25/h8-11,14-15H,5-7,12-13H2,1-4H3,(H,23,24,26)/b11-9+. The normalized spacial score (nSPS) is 15.9. The van der Waals surface area contributed by atoms with E-state index in [1.807, 2.05) is 5.38 Å². The van der Waals surface area contributed by atoms with Crippen molar-refractivity contribution < 1.29 is 17.9 Å². The number of thiazole rings is 1. The molecule has 1 aliphatic rings. The highest BCUT2D eigenvalue weighted by molar-refractivity contribution is 7.89. The molecule has 0 aliphatic carbocycles. The van der Waals surface area contributed by atoms with Crippen molar-refractivity contribution in [3.63, 3.8) is 0 Å². The molecule has 1 saturated heterocycles. The van der Waals surface area contributed by atoms with Gasteiger partial charge >= 0.3 is 0 Å². The highest BCUT2D eigenvalue weighted by Crippen LogP contribution is 2.30. The van der Waals surface area contributed by atoms with Crippen LogP contribution in [0.2, 0.25) is 0 Å². The zero-order chi connectivity index (χ0) is 22.6. The van der Waals surface area contributed by atoms with E-state index in [0.29, 0.717) is 29.5 Å². The van der Waals surface area contributed by atoms with Crippen LogP contribution >= 0.6 is 11.3 Å². The van der Waals surface area contributed by atoms with E-state index < -0.39 is 10.0 Å². The second kappa shape index (κ2) is 9.50. The predicted molar refractivity (Wildman–Crippen MR) is 124 cm³/mol. The van der Waals surface area contributed by atoms with Gasteiger partial charge in [0.1, 0.15) is 10.6 Å². The number of carbonyl (C=O) groups is 1. The van der Waals surface area contributed by atoms with Crippen LogP contribution in [0.15, 0.2) is 34.6 Å². The minimum absolute atomic E-state index is 0.0886. The number of hydrogen-bond donors (Lipinski definition) is 1. The molecule has 1 aromatic heterocycles. The van der Waals surface area contributed by atoms with Crippen LogP contribution in [0.1, 0.15) is 51.3 Å². The number of nitrogens with one attached hydrogen (secondary N) is 1. The van der Waals surface area contributed by atoms with Crippen molar-refractivity contribution in [1.29, 1.82) is 0 Å². The highest BCUT2D eigenvalue weighted by atomic mass is 32.2. The van der Waals surface area contributed by atoms with Gasteiger partial charge in [-0.2, -0.15) is 4.31 Å². The topological polar surface area (TPSA) is 88.6 Å². The lowest BCUT2D eigenvalue weighted by Crippen LogP contribution is -2.35. The number of amides is 1. The third-order valence-corrected chi connectivity index (χ3v) is 7.73. The molecule has 0 unspecified atom stereocenters. The van der Waals surface area contributed by atoms with E-state index in [1.54, 1.807) is 24.3 Å². The van der Waals surface area contributed by atoms with E-state index >= 15 is 0 Å². The van der Waals surface area contributed by atoms with Crippen LogP contribution < -0.4 is 10.1 Å². The first-order chi connectivity index (χ1) is 14.6. The fourth-order valence-electron chi connectivity index (χ4n) is 3.24. The van der Waals surface area contributed by atoms with E-state index in [0.717, 1.165) is 25.0 Å². The van der Waals surface area contributed by atoms with Gasteiger partial charge in [-0.15, -0.1) is 11.3 Å². The maximum absolute atomic E-state index is 13.1. The summed E-state index contributed by atoms with van der Waals surface area (Å²) in [7, 11) is -2.21. The smallest absolute Gasteiger partial charge is 0.250 e. The summed E-state index contributed by atoms with van der Waals surface area (Å²) in [5.74, 6) is -0.0317. The first-order valence-corrected chi connectivity index (χ1v) is 12.6. The fourth-order valence-corrected chi connectivity index (χ4v) is 5.89. The summed E-state index contributed by atoms with van der Waals surface area (Å²) >= 11 is 1.37. The predicted octanol–water partition coefficient (Wildman–Crippen LogP) is 4.28. The maximum Gasteiger partial charge on any atom is 0.250 e. The number of sulfonamides is 1. The average Bonchev–Trinajstić information content (AvgIpc) is 3.21. The van der Waals surface area contributed by atoms with Crippen LogP contribution in [0, 0.1) is 0 Å². The van der Waals surface area contributed by atoms with Crippen molar-refractivity contribution in [1.82, 2.24) is 9.29 Å². The molecule has 1 fully saturated rings. The van der Waals surface area contributed by atoms with Crippen LogP contribution in [0.4, 0.5) is 5.13 Å². The lowest BCUT2D eigenvalue weighted by molar-refractivity contribution is -0.111. The Balaban J connectivity index is 1.77. The number of aromatic nitrogens is 1. The van der Waals surface area contributed by atoms with Gasteiger partial charge in [-0.05, 0) is 36.6 Å². The minimum Gasteiger partial charge on any atom is -0.495 e.